The lowest BCUT2D eigenvalue weighted by Gasteiger charge is -2.13. The Hall–Kier alpha value is -1.81. The number of nitrogens with zero attached hydrogens (tertiary/aromatic N) is 3. The number of thiazole rings is 1. The second-order valence-corrected chi connectivity index (χ2v) is 6.34. The van der Waals surface area contributed by atoms with Gasteiger partial charge in [0.25, 0.3) is 0 Å². The van der Waals surface area contributed by atoms with Gasteiger partial charge in [0.2, 0.25) is 5.13 Å². The van der Waals surface area contributed by atoms with Gasteiger partial charge in [-0.25, -0.2) is 4.98 Å². The molecule has 0 unspecified atom stereocenters. The van der Waals surface area contributed by atoms with Crippen LogP contribution in [0.3, 0.4) is 0 Å². The lowest BCUT2D eigenvalue weighted by Crippen LogP contribution is -2.10. The lowest BCUT2D eigenvalue weighted by molar-refractivity contribution is 0.573. The summed E-state index contributed by atoms with van der Waals surface area (Å²) >= 11 is 1.54. The van der Waals surface area contributed by atoms with Gasteiger partial charge in [0.05, 0.1) is 12.2 Å². The summed E-state index contributed by atoms with van der Waals surface area (Å²) in [6, 6.07) is 10.2. The topological polar surface area (TPSA) is 37.6 Å². The Morgan fingerprint density at radius 3 is 2.60 bits per heavy atom. The van der Waals surface area contributed by atoms with E-state index in [1.165, 1.54) is 16.9 Å². The van der Waals surface area contributed by atoms with Crippen molar-refractivity contribution < 1.29 is 0 Å². The molecule has 2 aromatic rings. The highest BCUT2D eigenvalue weighted by Gasteiger charge is 2.17. The molecule has 0 spiro atoms. The maximum atomic E-state index is 4.47. The summed E-state index contributed by atoms with van der Waals surface area (Å²) in [6.45, 7) is 7.00. The highest BCUT2D eigenvalue weighted by molar-refractivity contribution is 7.13. The van der Waals surface area contributed by atoms with Crippen LogP contribution in [-0.2, 0) is 5.41 Å². The van der Waals surface area contributed by atoms with Crippen molar-refractivity contribution in [1.29, 1.82) is 0 Å². The van der Waals surface area contributed by atoms with Gasteiger partial charge in [0.1, 0.15) is 0 Å². The van der Waals surface area contributed by atoms with Gasteiger partial charge >= 0.3 is 0 Å². The molecule has 20 heavy (non-hydrogen) atoms. The zero-order valence-corrected chi connectivity index (χ0v) is 12.9. The van der Waals surface area contributed by atoms with Crippen LogP contribution < -0.4 is 0 Å². The molecule has 0 atom stereocenters. The normalized spacial score (nSPS) is 12.6. The van der Waals surface area contributed by atoms with Gasteiger partial charge in [-0.15, -0.1) is 16.5 Å². The summed E-state index contributed by atoms with van der Waals surface area (Å²) in [5, 5.41) is 11.1. The molecule has 104 valence electrons. The Kier molecular flexibility index (Phi) is 4.79. The van der Waals surface area contributed by atoms with E-state index in [0.29, 0.717) is 6.54 Å². The van der Waals surface area contributed by atoms with Crippen molar-refractivity contribution in [2.45, 2.75) is 26.2 Å². The molecule has 0 aliphatic rings. The van der Waals surface area contributed by atoms with Crippen molar-refractivity contribution in [2.75, 3.05) is 6.54 Å². The first-order valence-electron chi connectivity index (χ1n) is 6.61. The Balaban J connectivity index is 1.88. The summed E-state index contributed by atoms with van der Waals surface area (Å²) < 4.78 is 0. The second-order valence-electron chi connectivity index (χ2n) is 5.50. The molecule has 2 rings (SSSR count). The minimum absolute atomic E-state index is 0.0669. The molecule has 0 saturated carbocycles. The number of hydrogen-bond donors (Lipinski definition) is 0. The van der Waals surface area contributed by atoms with Gasteiger partial charge in [0.15, 0.2) is 0 Å². The van der Waals surface area contributed by atoms with Crippen molar-refractivity contribution in [1.82, 2.24) is 4.98 Å². The second kappa shape index (κ2) is 6.57. The van der Waals surface area contributed by atoms with Crippen molar-refractivity contribution in [3.05, 3.63) is 53.0 Å². The van der Waals surface area contributed by atoms with Crippen LogP contribution in [0.4, 0.5) is 5.13 Å². The van der Waals surface area contributed by atoms with E-state index in [1.807, 2.05) is 35.7 Å². The van der Waals surface area contributed by atoms with Crippen LogP contribution in [0.2, 0.25) is 0 Å². The largest absolute Gasteiger partial charge is 0.229 e. The predicted molar refractivity (Wildman–Crippen MR) is 85.7 cm³/mol. The summed E-state index contributed by atoms with van der Waals surface area (Å²) in [5.41, 5.74) is 2.31. The Bertz CT molecular complexity index is 592. The predicted octanol–water partition coefficient (Wildman–Crippen LogP) is 5.24. The fourth-order valence-electron chi connectivity index (χ4n) is 1.56. The van der Waals surface area contributed by atoms with Gasteiger partial charge in [-0.1, -0.05) is 63.3 Å². The molecule has 1 aromatic heterocycles. The third-order valence-electron chi connectivity index (χ3n) is 2.71. The first-order chi connectivity index (χ1) is 9.55. The van der Waals surface area contributed by atoms with E-state index < -0.39 is 0 Å². The Morgan fingerprint density at radius 1 is 1.20 bits per heavy atom. The highest BCUT2D eigenvalue weighted by Crippen LogP contribution is 2.27. The van der Waals surface area contributed by atoms with Crippen molar-refractivity contribution >= 4 is 22.5 Å². The standard InChI is InChI=1S/C16H19N3S/c1-16(2,3)14-12-20-15(18-14)19-17-11-7-10-13-8-5-4-6-9-13/h4-10,12H,11H2,1-3H3. The minimum Gasteiger partial charge on any atom is -0.221 e. The molecule has 0 aliphatic carbocycles. The number of benzene rings is 1. The molecule has 0 saturated heterocycles. The van der Waals surface area contributed by atoms with Crippen LogP contribution in [0.1, 0.15) is 32.0 Å². The minimum atomic E-state index is 0.0669. The average molecular weight is 285 g/mol. The summed E-state index contributed by atoms with van der Waals surface area (Å²) in [7, 11) is 0. The van der Waals surface area contributed by atoms with Gasteiger partial charge in [-0.2, -0.15) is 5.11 Å². The molecule has 0 bridgehead atoms. The zero-order chi connectivity index (χ0) is 14.4. The van der Waals surface area contributed by atoms with E-state index in [4.69, 9.17) is 0 Å². The van der Waals surface area contributed by atoms with Crippen molar-refractivity contribution in [2.24, 2.45) is 10.2 Å². The maximum absolute atomic E-state index is 4.47. The molecular weight excluding hydrogens is 266 g/mol. The monoisotopic (exact) mass is 285 g/mol. The third-order valence-corrected chi connectivity index (χ3v) is 3.44. The molecule has 1 heterocycles. The number of aromatic nitrogens is 1. The summed E-state index contributed by atoms with van der Waals surface area (Å²) in [5.74, 6) is 0. The quantitative estimate of drug-likeness (QED) is 0.708. The number of rotatable bonds is 4. The molecule has 4 heteroatoms. The van der Waals surface area contributed by atoms with Crippen LogP contribution in [0.15, 0.2) is 52.0 Å². The van der Waals surface area contributed by atoms with E-state index in [-0.39, 0.29) is 5.41 Å². The average Bonchev–Trinajstić information content (AvgIpc) is 2.88. The van der Waals surface area contributed by atoms with Crippen LogP contribution in [0.25, 0.3) is 6.08 Å². The van der Waals surface area contributed by atoms with Gasteiger partial charge in [-0.3, -0.25) is 0 Å². The van der Waals surface area contributed by atoms with Crippen molar-refractivity contribution in [3.8, 4) is 0 Å². The SMILES string of the molecule is CC(C)(C)c1csc(N=NCC=Cc2ccccc2)n1. The fourth-order valence-corrected chi connectivity index (χ4v) is 2.44. The van der Waals surface area contributed by atoms with E-state index in [1.54, 1.807) is 0 Å². The molecular formula is C16H19N3S. The molecule has 0 radical (unpaired) electrons. The molecule has 3 nitrogen and oxygen atoms in total. The fraction of sp³-hybridized carbons (Fsp3) is 0.312. The van der Waals surface area contributed by atoms with Crippen LogP contribution >= 0.6 is 11.3 Å². The summed E-state index contributed by atoms with van der Waals surface area (Å²) in [6.07, 6.45) is 4.04. The van der Waals surface area contributed by atoms with Crippen LogP contribution in [0.5, 0.6) is 0 Å². The van der Waals surface area contributed by atoms with E-state index in [0.717, 1.165) is 10.8 Å². The maximum Gasteiger partial charge on any atom is 0.229 e. The third kappa shape index (κ3) is 4.38. The summed E-state index contributed by atoms with van der Waals surface area (Å²) in [4.78, 5) is 4.47. The van der Waals surface area contributed by atoms with Gasteiger partial charge in [-0.05, 0) is 5.56 Å². The molecule has 0 aliphatic heterocycles. The lowest BCUT2D eigenvalue weighted by atomic mass is 9.93. The molecule has 0 N–H and O–H groups in total. The van der Waals surface area contributed by atoms with Gasteiger partial charge < -0.3 is 0 Å². The number of hydrogen-bond acceptors (Lipinski definition) is 4. The van der Waals surface area contributed by atoms with E-state index in [9.17, 15) is 0 Å². The van der Waals surface area contributed by atoms with Crippen molar-refractivity contribution in [3.63, 3.8) is 0 Å². The van der Waals surface area contributed by atoms with Gasteiger partial charge in [0, 0.05) is 10.8 Å². The molecule has 0 fully saturated rings. The number of azo groups is 1. The zero-order valence-electron chi connectivity index (χ0n) is 12.1. The van der Waals surface area contributed by atoms with E-state index >= 15 is 0 Å². The highest BCUT2D eigenvalue weighted by atomic mass is 32.1. The molecule has 1 aromatic carbocycles. The molecule has 0 amide bonds. The van der Waals surface area contributed by atoms with E-state index in [2.05, 4.69) is 48.1 Å². The Labute approximate surface area is 124 Å². The van der Waals surface area contributed by atoms with Crippen LogP contribution in [0, 0.1) is 0 Å². The first kappa shape index (κ1) is 14.6. The van der Waals surface area contributed by atoms with Crippen LogP contribution in [-0.4, -0.2) is 11.5 Å². The smallest absolute Gasteiger partial charge is 0.221 e. The first-order valence-corrected chi connectivity index (χ1v) is 7.49. The Morgan fingerprint density at radius 2 is 1.95 bits per heavy atom.